The zero-order valence-electron chi connectivity index (χ0n) is 18.9. The molecule has 1 aromatic carbocycles. The molecule has 0 aliphatic heterocycles. The normalized spacial score (nSPS) is 14.8. The summed E-state index contributed by atoms with van der Waals surface area (Å²) in [6, 6.07) is 2.19. The van der Waals surface area contributed by atoms with Gasteiger partial charge in [-0.25, -0.2) is 4.79 Å². The smallest absolute Gasteiger partial charge is 0.326 e. The Hall–Kier alpha value is -3.48. The number of aromatic nitrogens is 1. The fraction of sp³-hybridized carbons (Fsp3) is 0.455. The maximum atomic E-state index is 12.7. The number of aliphatic carboxylic acids is 1. The molecule has 9 N–H and O–H groups in total. The molecular formula is C22H31N5O7. The Morgan fingerprint density at radius 1 is 0.941 bits per heavy atom. The minimum atomic E-state index is -1.46. The molecule has 12 heteroatoms. The molecule has 4 atom stereocenters. The Labute approximate surface area is 195 Å². The molecule has 186 valence electrons. The third-order valence-electron chi connectivity index (χ3n) is 5.31. The minimum Gasteiger partial charge on any atom is -0.480 e. The summed E-state index contributed by atoms with van der Waals surface area (Å²) in [5.74, 6) is -4.13. The second-order valence-corrected chi connectivity index (χ2v) is 8.23. The fourth-order valence-electron chi connectivity index (χ4n) is 3.33. The van der Waals surface area contributed by atoms with Gasteiger partial charge in [0.15, 0.2) is 0 Å². The van der Waals surface area contributed by atoms with E-state index in [1.165, 1.54) is 0 Å². The number of hydrogen-bond donors (Lipinski definition) is 8. The number of amides is 3. The van der Waals surface area contributed by atoms with E-state index in [1.807, 2.05) is 24.3 Å². The molecule has 3 amide bonds. The van der Waals surface area contributed by atoms with Gasteiger partial charge in [0.1, 0.15) is 24.2 Å². The third-order valence-corrected chi connectivity index (χ3v) is 5.31. The number of nitrogens with two attached hydrogens (primary N) is 1. The molecule has 0 radical (unpaired) electrons. The number of para-hydroxylation sites is 1. The number of rotatable bonds is 12. The van der Waals surface area contributed by atoms with Crippen LogP contribution in [-0.2, 0) is 25.6 Å². The van der Waals surface area contributed by atoms with Crippen LogP contribution in [0, 0.1) is 5.92 Å². The van der Waals surface area contributed by atoms with Crippen molar-refractivity contribution in [2.45, 2.75) is 44.4 Å². The van der Waals surface area contributed by atoms with Gasteiger partial charge in [0, 0.05) is 23.5 Å². The van der Waals surface area contributed by atoms with E-state index in [2.05, 4.69) is 20.9 Å². The van der Waals surface area contributed by atoms with Crippen LogP contribution < -0.4 is 21.7 Å². The highest BCUT2D eigenvalue weighted by molar-refractivity contribution is 5.94. The van der Waals surface area contributed by atoms with Gasteiger partial charge in [-0.15, -0.1) is 0 Å². The molecule has 0 saturated carbocycles. The summed E-state index contributed by atoms with van der Waals surface area (Å²) in [5.41, 5.74) is 6.95. The Morgan fingerprint density at radius 3 is 2.18 bits per heavy atom. The number of aromatic amines is 1. The van der Waals surface area contributed by atoms with Crippen LogP contribution in [0.2, 0.25) is 0 Å². The minimum absolute atomic E-state index is 0.0269. The standard InChI is InChI=1S/C22H31N5O7/c1-11(2)18(27-19(30)14(23)9-28)21(32)26-17(10-29)20(31)25-16(22(33)34)7-12-8-24-15-6-4-3-5-13(12)15/h3-6,8,11,14,16-18,24,28-29H,7,9-10,23H2,1-2H3,(H,25,31)(H,26,32)(H,27,30)(H,33,34). The van der Waals surface area contributed by atoms with Gasteiger partial charge in [0.2, 0.25) is 17.7 Å². The van der Waals surface area contributed by atoms with Gasteiger partial charge in [-0.2, -0.15) is 0 Å². The number of H-pyrrole nitrogens is 1. The van der Waals surface area contributed by atoms with E-state index in [0.29, 0.717) is 5.56 Å². The molecule has 1 heterocycles. The van der Waals surface area contributed by atoms with Crippen LogP contribution in [0.3, 0.4) is 0 Å². The molecule has 2 aromatic rings. The first-order chi connectivity index (χ1) is 16.1. The average Bonchev–Trinajstić information content (AvgIpc) is 3.21. The molecule has 4 unspecified atom stereocenters. The van der Waals surface area contributed by atoms with Crippen molar-refractivity contribution in [3.63, 3.8) is 0 Å². The quantitative estimate of drug-likeness (QED) is 0.175. The van der Waals surface area contributed by atoms with E-state index in [9.17, 15) is 29.4 Å². The Balaban J connectivity index is 2.09. The first kappa shape index (κ1) is 26.8. The number of nitrogens with one attached hydrogen (secondary N) is 4. The van der Waals surface area contributed by atoms with E-state index >= 15 is 0 Å². The van der Waals surface area contributed by atoms with Crippen LogP contribution in [0.4, 0.5) is 0 Å². The zero-order valence-corrected chi connectivity index (χ0v) is 18.9. The van der Waals surface area contributed by atoms with Gasteiger partial charge in [-0.1, -0.05) is 32.0 Å². The highest BCUT2D eigenvalue weighted by Gasteiger charge is 2.31. The summed E-state index contributed by atoms with van der Waals surface area (Å²) in [6.07, 6.45) is 1.63. The predicted octanol–water partition coefficient (Wildman–Crippen LogP) is -1.78. The van der Waals surface area contributed by atoms with Crippen LogP contribution in [0.5, 0.6) is 0 Å². The number of hydrogen-bond acceptors (Lipinski definition) is 7. The average molecular weight is 478 g/mol. The lowest BCUT2D eigenvalue weighted by molar-refractivity contribution is -0.142. The molecular weight excluding hydrogens is 446 g/mol. The summed E-state index contributed by atoms with van der Waals surface area (Å²) >= 11 is 0. The first-order valence-corrected chi connectivity index (χ1v) is 10.7. The predicted molar refractivity (Wildman–Crippen MR) is 122 cm³/mol. The first-order valence-electron chi connectivity index (χ1n) is 10.7. The summed E-state index contributed by atoms with van der Waals surface area (Å²) < 4.78 is 0. The molecule has 0 spiro atoms. The van der Waals surface area contributed by atoms with E-state index in [1.54, 1.807) is 20.0 Å². The van der Waals surface area contributed by atoms with Crippen LogP contribution in [-0.4, -0.2) is 81.4 Å². The van der Waals surface area contributed by atoms with Gasteiger partial charge in [0.05, 0.1) is 13.2 Å². The number of carboxylic acids is 1. The number of benzene rings is 1. The van der Waals surface area contributed by atoms with E-state index in [-0.39, 0.29) is 6.42 Å². The highest BCUT2D eigenvalue weighted by atomic mass is 16.4. The topological polar surface area (TPSA) is 207 Å². The second kappa shape index (κ2) is 12.1. The SMILES string of the molecule is CC(C)C(NC(=O)C(N)CO)C(=O)NC(CO)C(=O)NC(Cc1c[nH]c2ccccc12)C(=O)O. The maximum Gasteiger partial charge on any atom is 0.326 e. The lowest BCUT2D eigenvalue weighted by Crippen LogP contribution is -2.59. The zero-order chi connectivity index (χ0) is 25.4. The van der Waals surface area contributed by atoms with Crippen molar-refractivity contribution in [3.8, 4) is 0 Å². The molecule has 0 saturated heterocycles. The van der Waals surface area contributed by atoms with Crippen molar-refractivity contribution < 1.29 is 34.5 Å². The largest absolute Gasteiger partial charge is 0.480 e. The third kappa shape index (κ3) is 6.76. The molecule has 0 fully saturated rings. The van der Waals surface area contributed by atoms with Crippen LogP contribution in [0.1, 0.15) is 19.4 Å². The highest BCUT2D eigenvalue weighted by Crippen LogP contribution is 2.19. The molecule has 2 rings (SSSR count). The number of carbonyl (C=O) groups is 4. The van der Waals surface area contributed by atoms with E-state index in [0.717, 1.165) is 10.9 Å². The van der Waals surface area contributed by atoms with Gasteiger partial charge in [0.25, 0.3) is 0 Å². The van der Waals surface area contributed by atoms with Crippen LogP contribution >= 0.6 is 0 Å². The van der Waals surface area contributed by atoms with Crippen molar-refractivity contribution in [3.05, 3.63) is 36.0 Å². The van der Waals surface area contributed by atoms with Crippen molar-refractivity contribution in [2.75, 3.05) is 13.2 Å². The number of carbonyl (C=O) groups excluding carboxylic acids is 3. The van der Waals surface area contributed by atoms with Crippen molar-refractivity contribution in [2.24, 2.45) is 11.7 Å². The summed E-state index contributed by atoms with van der Waals surface area (Å²) in [6.45, 7) is 1.87. The molecule has 34 heavy (non-hydrogen) atoms. The van der Waals surface area contributed by atoms with Gasteiger partial charge in [-0.05, 0) is 17.5 Å². The van der Waals surface area contributed by atoms with Crippen molar-refractivity contribution in [1.29, 1.82) is 0 Å². The second-order valence-electron chi connectivity index (χ2n) is 8.23. The van der Waals surface area contributed by atoms with Crippen molar-refractivity contribution in [1.82, 2.24) is 20.9 Å². The monoisotopic (exact) mass is 477 g/mol. The van der Waals surface area contributed by atoms with Gasteiger partial charge in [-0.3, -0.25) is 14.4 Å². The molecule has 0 bridgehead atoms. The number of carboxylic acid groups (broad SMARTS) is 1. The van der Waals surface area contributed by atoms with Gasteiger partial charge < -0.3 is 42.0 Å². The van der Waals surface area contributed by atoms with Gasteiger partial charge >= 0.3 is 5.97 Å². The van der Waals surface area contributed by atoms with E-state index in [4.69, 9.17) is 10.8 Å². The maximum absolute atomic E-state index is 12.7. The Kier molecular flexibility index (Phi) is 9.54. The number of aliphatic hydroxyl groups is 2. The molecule has 12 nitrogen and oxygen atoms in total. The number of aliphatic hydroxyl groups excluding tert-OH is 2. The molecule has 0 aliphatic carbocycles. The summed E-state index contributed by atoms with van der Waals surface area (Å²) in [4.78, 5) is 52.2. The lowest BCUT2D eigenvalue weighted by atomic mass is 10.0. The van der Waals surface area contributed by atoms with Crippen LogP contribution in [0.15, 0.2) is 30.5 Å². The lowest BCUT2D eigenvalue weighted by Gasteiger charge is -2.26. The summed E-state index contributed by atoms with van der Waals surface area (Å²) in [5, 5.41) is 36.1. The van der Waals surface area contributed by atoms with E-state index < -0.39 is 67.0 Å². The summed E-state index contributed by atoms with van der Waals surface area (Å²) in [7, 11) is 0. The Bertz CT molecular complexity index is 1020. The Morgan fingerprint density at radius 2 is 1.59 bits per heavy atom. The van der Waals surface area contributed by atoms with Crippen molar-refractivity contribution >= 4 is 34.6 Å². The number of fused-ring (bicyclic) bond motifs is 1. The molecule has 1 aromatic heterocycles. The van der Waals surface area contributed by atoms with Crippen LogP contribution in [0.25, 0.3) is 10.9 Å². The fourth-order valence-corrected chi connectivity index (χ4v) is 3.33. The molecule has 0 aliphatic rings.